The number of nitrogens with two attached hydrogens (primary N) is 1. The SMILES string of the molecule is COc1cc(C2(N)CCCC2)c(OC)c2c1C1CCC2C1. The van der Waals surface area contributed by atoms with Gasteiger partial charge in [0.05, 0.1) is 14.2 Å². The first-order valence-electron chi connectivity index (χ1n) is 8.26. The molecular weight excluding hydrogens is 262 g/mol. The van der Waals surface area contributed by atoms with Gasteiger partial charge in [-0.15, -0.1) is 0 Å². The number of hydrogen-bond acceptors (Lipinski definition) is 3. The van der Waals surface area contributed by atoms with Crippen LogP contribution < -0.4 is 15.2 Å². The Hall–Kier alpha value is -1.22. The molecule has 2 fully saturated rings. The van der Waals surface area contributed by atoms with Crippen molar-refractivity contribution in [2.24, 2.45) is 5.73 Å². The van der Waals surface area contributed by atoms with Crippen LogP contribution in [-0.4, -0.2) is 14.2 Å². The van der Waals surface area contributed by atoms with Crippen LogP contribution in [0.1, 0.15) is 73.5 Å². The van der Waals surface area contributed by atoms with E-state index in [1.807, 2.05) is 0 Å². The third-order valence-corrected chi connectivity index (χ3v) is 6.03. The molecule has 2 bridgehead atoms. The molecule has 3 aliphatic rings. The molecule has 0 spiro atoms. The summed E-state index contributed by atoms with van der Waals surface area (Å²) in [6, 6.07) is 2.18. The van der Waals surface area contributed by atoms with E-state index in [-0.39, 0.29) is 5.54 Å². The summed E-state index contributed by atoms with van der Waals surface area (Å²) in [5, 5.41) is 0. The predicted molar refractivity (Wildman–Crippen MR) is 83.2 cm³/mol. The van der Waals surface area contributed by atoms with E-state index < -0.39 is 0 Å². The zero-order valence-electron chi connectivity index (χ0n) is 13.1. The van der Waals surface area contributed by atoms with Gasteiger partial charge < -0.3 is 15.2 Å². The molecule has 3 nitrogen and oxygen atoms in total. The van der Waals surface area contributed by atoms with E-state index in [0.29, 0.717) is 11.8 Å². The lowest BCUT2D eigenvalue weighted by molar-refractivity contribution is 0.362. The predicted octanol–water partition coefficient (Wildman–Crippen LogP) is 3.80. The van der Waals surface area contributed by atoms with Crippen LogP contribution in [0.15, 0.2) is 6.07 Å². The minimum atomic E-state index is -0.227. The van der Waals surface area contributed by atoms with Crippen molar-refractivity contribution in [3.8, 4) is 11.5 Å². The van der Waals surface area contributed by atoms with Gasteiger partial charge in [0, 0.05) is 22.2 Å². The number of fused-ring (bicyclic) bond motifs is 5. The van der Waals surface area contributed by atoms with Gasteiger partial charge in [-0.05, 0) is 50.0 Å². The highest BCUT2D eigenvalue weighted by molar-refractivity contribution is 5.62. The lowest BCUT2D eigenvalue weighted by Crippen LogP contribution is -2.34. The van der Waals surface area contributed by atoms with Crippen LogP contribution in [0.5, 0.6) is 11.5 Å². The van der Waals surface area contributed by atoms with E-state index in [0.717, 1.165) is 24.3 Å². The standard InChI is InChI=1S/C18H25NO2/c1-20-14-10-13(18(19)7-3-4-8-18)17(21-2)16-12-6-5-11(9-12)15(14)16/h10-12H,3-9,19H2,1-2H3. The quantitative estimate of drug-likeness (QED) is 0.919. The van der Waals surface area contributed by atoms with Gasteiger partial charge in [-0.1, -0.05) is 12.8 Å². The molecule has 2 atom stereocenters. The average Bonchev–Trinajstić information content (AvgIpc) is 3.21. The molecule has 4 rings (SSSR count). The summed E-state index contributed by atoms with van der Waals surface area (Å²) in [7, 11) is 3.59. The molecule has 3 aliphatic carbocycles. The monoisotopic (exact) mass is 287 g/mol. The molecule has 1 aromatic carbocycles. The van der Waals surface area contributed by atoms with E-state index in [1.165, 1.54) is 48.8 Å². The van der Waals surface area contributed by atoms with Crippen LogP contribution in [0, 0.1) is 0 Å². The van der Waals surface area contributed by atoms with E-state index >= 15 is 0 Å². The smallest absolute Gasteiger partial charge is 0.127 e. The first kappa shape index (κ1) is 13.4. The van der Waals surface area contributed by atoms with Gasteiger partial charge >= 0.3 is 0 Å². The molecule has 0 aromatic heterocycles. The molecule has 0 aliphatic heterocycles. The number of ether oxygens (including phenoxy) is 2. The fourth-order valence-electron chi connectivity index (χ4n) is 5.04. The van der Waals surface area contributed by atoms with Crippen molar-refractivity contribution in [3.05, 3.63) is 22.8 Å². The van der Waals surface area contributed by atoms with E-state index in [4.69, 9.17) is 15.2 Å². The number of benzene rings is 1. The molecule has 2 N–H and O–H groups in total. The zero-order valence-corrected chi connectivity index (χ0v) is 13.1. The van der Waals surface area contributed by atoms with E-state index in [1.54, 1.807) is 14.2 Å². The second-order valence-corrected chi connectivity index (χ2v) is 7.06. The van der Waals surface area contributed by atoms with Gasteiger partial charge in [-0.25, -0.2) is 0 Å². The second-order valence-electron chi connectivity index (χ2n) is 7.06. The summed E-state index contributed by atoms with van der Waals surface area (Å²) in [6.07, 6.45) is 8.39. The van der Waals surface area contributed by atoms with Crippen molar-refractivity contribution < 1.29 is 9.47 Å². The Morgan fingerprint density at radius 1 is 1.05 bits per heavy atom. The van der Waals surface area contributed by atoms with Gasteiger partial charge in [0.15, 0.2) is 0 Å². The molecule has 114 valence electrons. The molecule has 2 saturated carbocycles. The van der Waals surface area contributed by atoms with E-state index in [2.05, 4.69) is 6.07 Å². The molecule has 0 saturated heterocycles. The van der Waals surface area contributed by atoms with Crippen LogP contribution in [-0.2, 0) is 5.54 Å². The van der Waals surface area contributed by atoms with Crippen LogP contribution in [0.3, 0.4) is 0 Å². The summed E-state index contributed by atoms with van der Waals surface area (Å²) < 4.78 is 11.6. The molecule has 2 unspecified atom stereocenters. The van der Waals surface area contributed by atoms with Crippen LogP contribution in [0.2, 0.25) is 0 Å². The molecule has 0 radical (unpaired) electrons. The van der Waals surface area contributed by atoms with Crippen molar-refractivity contribution in [1.82, 2.24) is 0 Å². The van der Waals surface area contributed by atoms with Gasteiger partial charge in [-0.3, -0.25) is 0 Å². The van der Waals surface area contributed by atoms with Crippen molar-refractivity contribution in [2.45, 2.75) is 62.3 Å². The minimum absolute atomic E-state index is 0.227. The molecule has 0 heterocycles. The normalized spacial score (nSPS) is 28.7. The third-order valence-electron chi connectivity index (χ3n) is 6.03. The highest BCUT2D eigenvalue weighted by Gasteiger charge is 2.44. The Kier molecular flexibility index (Phi) is 2.97. The van der Waals surface area contributed by atoms with Gasteiger partial charge in [0.2, 0.25) is 0 Å². The number of methoxy groups -OCH3 is 2. The Morgan fingerprint density at radius 3 is 2.33 bits per heavy atom. The molecular formula is C18H25NO2. The molecule has 1 aromatic rings. The van der Waals surface area contributed by atoms with Gasteiger partial charge in [0.1, 0.15) is 11.5 Å². The van der Waals surface area contributed by atoms with Crippen molar-refractivity contribution in [3.63, 3.8) is 0 Å². The van der Waals surface area contributed by atoms with Gasteiger partial charge in [0.25, 0.3) is 0 Å². The lowest BCUT2D eigenvalue weighted by atomic mass is 9.82. The second kappa shape index (κ2) is 4.64. The number of hydrogen-bond donors (Lipinski definition) is 1. The number of rotatable bonds is 3. The third kappa shape index (κ3) is 1.76. The van der Waals surface area contributed by atoms with E-state index in [9.17, 15) is 0 Å². The molecule has 0 amide bonds. The zero-order chi connectivity index (χ0) is 14.6. The minimum Gasteiger partial charge on any atom is -0.496 e. The summed E-state index contributed by atoms with van der Waals surface area (Å²) in [5.41, 5.74) is 10.5. The maximum absolute atomic E-state index is 6.74. The fourth-order valence-corrected chi connectivity index (χ4v) is 5.04. The van der Waals surface area contributed by atoms with Crippen LogP contribution in [0.4, 0.5) is 0 Å². The highest BCUT2D eigenvalue weighted by atomic mass is 16.5. The van der Waals surface area contributed by atoms with Crippen LogP contribution >= 0.6 is 0 Å². The Balaban J connectivity index is 1.94. The van der Waals surface area contributed by atoms with Crippen LogP contribution in [0.25, 0.3) is 0 Å². The first-order valence-corrected chi connectivity index (χ1v) is 8.26. The van der Waals surface area contributed by atoms with Crippen molar-refractivity contribution >= 4 is 0 Å². The highest BCUT2D eigenvalue weighted by Crippen LogP contribution is 2.60. The topological polar surface area (TPSA) is 44.5 Å². The maximum Gasteiger partial charge on any atom is 0.127 e. The lowest BCUT2D eigenvalue weighted by Gasteiger charge is -2.31. The first-order chi connectivity index (χ1) is 10.2. The van der Waals surface area contributed by atoms with Crippen molar-refractivity contribution in [1.29, 1.82) is 0 Å². The van der Waals surface area contributed by atoms with Crippen molar-refractivity contribution in [2.75, 3.05) is 14.2 Å². The fraction of sp³-hybridized carbons (Fsp3) is 0.667. The Labute approximate surface area is 126 Å². The largest absolute Gasteiger partial charge is 0.496 e. The summed E-state index contributed by atoms with van der Waals surface area (Å²) in [4.78, 5) is 0. The molecule has 3 heteroatoms. The summed E-state index contributed by atoms with van der Waals surface area (Å²) in [6.45, 7) is 0. The average molecular weight is 287 g/mol. The Morgan fingerprint density at radius 2 is 1.71 bits per heavy atom. The van der Waals surface area contributed by atoms with Gasteiger partial charge in [-0.2, -0.15) is 0 Å². The maximum atomic E-state index is 6.74. The summed E-state index contributed by atoms with van der Waals surface area (Å²) >= 11 is 0. The Bertz CT molecular complexity index is 575. The summed E-state index contributed by atoms with van der Waals surface area (Å²) in [5.74, 6) is 3.44. The molecule has 21 heavy (non-hydrogen) atoms.